The summed E-state index contributed by atoms with van der Waals surface area (Å²) in [5, 5.41) is 9.86. The zero-order chi connectivity index (χ0) is 17.9. The first-order chi connectivity index (χ1) is 12.7. The summed E-state index contributed by atoms with van der Waals surface area (Å²) in [5.74, 6) is 2.60. The van der Waals surface area contributed by atoms with E-state index >= 15 is 0 Å². The van der Waals surface area contributed by atoms with Crippen molar-refractivity contribution < 1.29 is 19.3 Å². The maximum absolute atomic E-state index is 9.86. The Labute approximate surface area is 155 Å². The van der Waals surface area contributed by atoms with Gasteiger partial charge >= 0.3 is 0 Å². The summed E-state index contributed by atoms with van der Waals surface area (Å²) in [5.41, 5.74) is 2.53. The van der Waals surface area contributed by atoms with Crippen LogP contribution in [-0.2, 0) is 11.3 Å². The van der Waals surface area contributed by atoms with E-state index in [1.165, 1.54) is 11.1 Å². The van der Waals surface area contributed by atoms with Crippen LogP contribution in [0.4, 0.5) is 0 Å². The Kier molecular flexibility index (Phi) is 5.64. The first-order valence-electron chi connectivity index (χ1n) is 9.75. The van der Waals surface area contributed by atoms with E-state index in [9.17, 15) is 5.11 Å². The van der Waals surface area contributed by atoms with E-state index < -0.39 is 0 Å². The van der Waals surface area contributed by atoms with E-state index in [2.05, 4.69) is 28.9 Å². The number of rotatable bonds is 5. The normalized spacial score (nSPS) is 27.0. The Balaban J connectivity index is 1.40. The molecule has 26 heavy (non-hydrogen) atoms. The maximum atomic E-state index is 9.86. The van der Waals surface area contributed by atoms with E-state index in [1.54, 1.807) is 0 Å². The number of ether oxygens (including phenoxy) is 3. The second-order valence-electron chi connectivity index (χ2n) is 7.73. The number of benzene rings is 1. The van der Waals surface area contributed by atoms with Gasteiger partial charge in [0.25, 0.3) is 0 Å². The van der Waals surface area contributed by atoms with Crippen molar-refractivity contribution in [2.45, 2.75) is 13.5 Å². The molecule has 1 aromatic rings. The van der Waals surface area contributed by atoms with Gasteiger partial charge in [0.2, 0.25) is 0 Å². The van der Waals surface area contributed by atoms with Crippen LogP contribution < -0.4 is 9.47 Å². The van der Waals surface area contributed by atoms with Gasteiger partial charge in [-0.2, -0.15) is 0 Å². The van der Waals surface area contributed by atoms with E-state index in [-0.39, 0.29) is 6.61 Å². The SMILES string of the molecule is Cc1cc2c(cc1CN1CC(CO)C(CN3CCOCC3)C1)OCCO2. The van der Waals surface area contributed by atoms with Gasteiger partial charge in [-0.15, -0.1) is 0 Å². The van der Waals surface area contributed by atoms with Crippen molar-refractivity contribution in [2.75, 3.05) is 65.8 Å². The smallest absolute Gasteiger partial charge is 0.161 e. The van der Waals surface area contributed by atoms with Gasteiger partial charge < -0.3 is 19.3 Å². The average Bonchev–Trinajstić information content (AvgIpc) is 3.04. The van der Waals surface area contributed by atoms with Crippen LogP contribution >= 0.6 is 0 Å². The molecule has 6 heteroatoms. The third-order valence-electron chi connectivity index (χ3n) is 5.88. The summed E-state index contributed by atoms with van der Waals surface area (Å²) in [4.78, 5) is 4.96. The topological polar surface area (TPSA) is 54.4 Å². The molecule has 144 valence electrons. The van der Waals surface area contributed by atoms with Gasteiger partial charge in [0.1, 0.15) is 13.2 Å². The summed E-state index contributed by atoms with van der Waals surface area (Å²) in [6.07, 6.45) is 0. The van der Waals surface area contributed by atoms with Crippen LogP contribution in [0.3, 0.4) is 0 Å². The lowest BCUT2D eigenvalue weighted by atomic mass is 9.96. The highest BCUT2D eigenvalue weighted by Gasteiger charge is 2.34. The van der Waals surface area contributed by atoms with E-state index in [4.69, 9.17) is 14.2 Å². The lowest BCUT2D eigenvalue weighted by Gasteiger charge is -2.30. The Morgan fingerprint density at radius 2 is 1.65 bits per heavy atom. The van der Waals surface area contributed by atoms with Gasteiger partial charge in [-0.25, -0.2) is 0 Å². The molecule has 0 spiro atoms. The van der Waals surface area contributed by atoms with Crippen LogP contribution in [0.2, 0.25) is 0 Å². The van der Waals surface area contributed by atoms with Crippen LogP contribution in [0.25, 0.3) is 0 Å². The van der Waals surface area contributed by atoms with Crippen molar-refractivity contribution in [2.24, 2.45) is 11.8 Å². The minimum absolute atomic E-state index is 0.269. The fourth-order valence-corrected chi connectivity index (χ4v) is 4.34. The van der Waals surface area contributed by atoms with Gasteiger partial charge in [0.15, 0.2) is 11.5 Å². The predicted octanol–water partition coefficient (Wildman–Crippen LogP) is 1.14. The van der Waals surface area contributed by atoms with Gasteiger partial charge in [-0.05, 0) is 42.0 Å². The molecular formula is C20H30N2O4. The molecule has 3 aliphatic heterocycles. The van der Waals surface area contributed by atoms with E-state index in [0.717, 1.165) is 64.0 Å². The second-order valence-corrected chi connectivity index (χ2v) is 7.73. The van der Waals surface area contributed by atoms with Gasteiger partial charge in [0, 0.05) is 45.9 Å². The van der Waals surface area contributed by atoms with Crippen LogP contribution in [0, 0.1) is 18.8 Å². The van der Waals surface area contributed by atoms with Crippen molar-refractivity contribution in [3.63, 3.8) is 0 Å². The summed E-state index contributed by atoms with van der Waals surface area (Å²) >= 11 is 0. The van der Waals surface area contributed by atoms with Crippen LogP contribution in [0.15, 0.2) is 12.1 Å². The van der Waals surface area contributed by atoms with Crippen LogP contribution in [0.1, 0.15) is 11.1 Å². The Morgan fingerprint density at radius 3 is 2.38 bits per heavy atom. The monoisotopic (exact) mass is 362 g/mol. The largest absolute Gasteiger partial charge is 0.486 e. The highest BCUT2D eigenvalue weighted by molar-refractivity contribution is 5.47. The lowest BCUT2D eigenvalue weighted by molar-refractivity contribution is 0.0264. The molecule has 2 atom stereocenters. The van der Waals surface area contributed by atoms with Gasteiger partial charge in [0.05, 0.1) is 13.2 Å². The van der Waals surface area contributed by atoms with E-state index in [0.29, 0.717) is 25.0 Å². The molecule has 0 aromatic heterocycles. The Morgan fingerprint density at radius 1 is 0.962 bits per heavy atom. The van der Waals surface area contributed by atoms with Crippen LogP contribution in [0.5, 0.6) is 11.5 Å². The predicted molar refractivity (Wildman–Crippen MR) is 98.8 cm³/mol. The molecule has 0 saturated carbocycles. The fraction of sp³-hybridized carbons (Fsp3) is 0.700. The Hall–Kier alpha value is -1.34. The molecule has 2 saturated heterocycles. The van der Waals surface area contributed by atoms with Gasteiger partial charge in [-0.1, -0.05) is 0 Å². The summed E-state index contributed by atoms with van der Waals surface area (Å²) in [6, 6.07) is 4.22. The highest BCUT2D eigenvalue weighted by Crippen LogP contribution is 2.34. The minimum Gasteiger partial charge on any atom is -0.486 e. The number of fused-ring (bicyclic) bond motifs is 1. The number of hydrogen-bond donors (Lipinski definition) is 1. The standard InChI is InChI=1S/C20H30N2O4/c1-15-8-19-20(26-7-6-25-19)9-16(15)10-22-12-17(18(13-22)14-23)11-21-2-4-24-5-3-21/h8-9,17-18,23H,2-7,10-14H2,1H3. The second kappa shape index (κ2) is 8.13. The molecule has 2 fully saturated rings. The number of nitrogens with zero attached hydrogens (tertiary/aromatic N) is 2. The Bertz CT molecular complexity index is 618. The molecule has 1 N–H and O–H groups in total. The van der Waals surface area contributed by atoms with E-state index in [1.807, 2.05) is 0 Å². The molecule has 0 bridgehead atoms. The quantitative estimate of drug-likeness (QED) is 0.848. The fourth-order valence-electron chi connectivity index (χ4n) is 4.34. The van der Waals surface area contributed by atoms with Gasteiger partial charge in [-0.3, -0.25) is 9.80 Å². The van der Waals surface area contributed by atoms with Crippen molar-refractivity contribution in [3.8, 4) is 11.5 Å². The molecule has 3 heterocycles. The molecule has 0 radical (unpaired) electrons. The molecule has 4 rings (SSSR count). The lowest BCUT2D eigenvalue weighted by Crippen LogP contribution is -2.41. The summed E-state index contributed by atoms with van der Waals surface area (Å²) < 4.78 is 16.9. The summed E-state index contributed by atoms with van der Waals surface area (Å²) in [7, 11) is 0. The molecule has 1 aromatic carbocycles. The molecule has 3 aliphatic rings. The molecule has 6 nitrogen and oxygen atoms in total. The molecule has 0 amide bonds. The van der Waals surface area contributed by atoms with Crippen molar-refractivity contribution in [1.82, 2.24) is 9.80 Å². The first kappa shape index (κ1) is 18.0. The third kappa shape index (κ3) is 3.98. The van der Waals surface area contributed by atoms with Crippen molar-refractivity contribution >= 4 is 0 Å². The molecule has 0 aliphatic carbocycles. The zero-order valence-corrected chi connectivity index (χ0v) is 15.7. The van der Waals surface area contributed by atoms with Crippen LogP contribution in [-0.4, -0.2) is 80.7 Å². The highest BCUT2D eigenvalue weighted by atomic mass is 16.6. The number of aliphatic hydroxyl groups is 1. The first-order valence-corrected chi connectivity index (χ1v) is 9.75. The number of aryl methyl sites for hydroxylation is 1. The maximum Gasteiger partial charge on any atom is 0.161 e. The third-order valence-corrected chi connectivity index (χ3v) is 5.88. The minimum atomic E-state index is 0.269. The average molecular weight is 362 g/mol. The number of aliphatic hydroxyl groups excluding tert-OH is 1. The molecule has 2 unspecified atom stereocenters. The number of hydrogen-bond acceptors (Lipinski definition) is 6. The zero-order valence-electron chi connectivity index (χ0n) is 15.7. The summed E-state index contributed by atoms with van der Waals surface area (Å²) in [6.45, 7) is 11.3. The number of morpholine rings is 1. The van der Waals surface area contributed by atoms with Crippen molar-refractivity contribution in [3.05, 3.63) is 23.3 Å². The van der Waals surface area contributed by atoms with Crippen molar-refractivity contribution in [1.29, 1.82) is 0 Å². The molecular weight excluding hydrogens is 332 g/mol. The number of likely N-dealkylation sites (tertiary alicyclic amines) is 1.